The van der Waals surface area contributed by atoms with Crippen LogP contribution in [0.5, 0.6) is 0 Å². The number of amides is 2. The first-order chi connectivity index (χ1) is 17.2. The fraction of sp³-hybridized carbons (Fsp3) is 0.207. The molecule has 0 spiro atoms. The molecule has 0 unspecified atom stereocenters. The number of anilines is 1. The molecule has 7 heteroatoms. The summed E-state index contributed by atoms with van der Waals surface area (Å²) in [4.78, 5) is 28.2. The number of halogens is 1. The normalized spacial score (nSPS) is 11.2. The van der Waals surface area contributed by atoms with Crippen molar-refractivity contribution in [1.82, 2.24) is 14.7 Å². The lowest BCUT2D eigenvalue weighted by atomic mass is 9.92. The van der Waals surface area contributed by atoms with E-state index in [1.165, 1.54) is 0 Å². The number of aromatic nitrogens is 2. The molecule has 0 radical (unpaired) electrons. The van der Waals surface area contributed by atoms with Gasteiger partial charge < -0.3 is 10.2 Å². The van der Waals surface area contributed by atoms with E-state index >= 15 is 0 Å². The van der Waals surface area contributed by atoms with E-state index in [-0.39, 0.29) is 23.8 Å². The molecule has 2 amide bonds. The molecule has 1 heterocycles. The lowest BCUT2D eigenvalue weighted by Crippen LogP contribution is -2.37. The minimum absolute atomic E-state index is 0.124. The largest absolute Gasteiger partial charge is 0.325 e. The Kier molecular flexibility index (Phi) is 7.55. The Morgan fingerprint density at radius 1 is 0.917 bits per heavy atom. The Bertz CT molecular complexity index is 1340. The van der Waals surface area contributed by atoms with Gasteiger partial charge in [-0.3, -0.25) is 9.59 Å². The van der Waals surface area contributed by atoms with Crippen LogP contribution in [-0.4, -0.2) is 33.0 Å². The molecule has 3 aromatic carbocycles. The predicted octanol–water partition coefficient (Wildman–Crippen LogP) is 6.10. The van der Waals surface area contributed by atoms with Crippen molar-refractivity contribution in [3.05, 3.63) is 113 Å². The van der Waals surface area contributed by atoms with Crippen LogP contribution in [-0.2, 0) is 16.8 Å². The second kappa shape index (κ2) is 10.8. The van der Waals surface area contributed by atoms with Gasteiger partial charge in [0.25, 0.3) is 5.91 Å². The zero-order chi connectivity index (χ0) is 25.7. The molecule has 0 aliphatic rings. The first-order valence-electron chi connectivity index (χ1n) is 11.8. The SMILES string of the molecule is CC(C)(C)c1cc(NC(=O)CN(Cc2ccccc2)C(=O)c2ccccc2)n(-c2ccccc2Cl)n1. The molecule has 0 fully saturated rings. The van der Waals surface area contributed by atoms with Gasteiger partial charge in [0.05, 0.1) is 16.4 Å². The summed E-state index contributed by atoms with van der Waals surface area (Å²) in [5, 5.41) is 8.21. The fourth-order valence-electron chi connectivity index (χ4n) is 3.77. The number of rotatable bonds is 7. The van der Waals surface area contributed by atoms with Crippen LogP contribution in [0.4, 0.5) is 5.82 Å². The minimum Gasteiger partial charge on any atom is -0.325 e. The van der Waals surface area contributed by atoms with Crippen molar-refractivity contribution in [2.24, 2.45) is 0 Å². The number of hydrogen-bond acceptors (Lipinski definition) is 3. The quantitative estimate of drug-likeness (QED) is 0.333. The first-order valence-corrected chi connectivity index (χ1v) is 12.1. The Morgan fingerprint density at radius 3 is 2.17 bits per heavy atom. The van der Waals surface area contributed by atoms with Crippen LogP contribution in [0.25, 0.3) is 5.69 Å². The fourth-order valence-corrected chi connectivity index (χ4v) is 3.98. The van der Waals surface area contributed by atoms with E-state index in [1.807, 2.05) is 72.8 Å². The zero-order valence-electron chi connectivity index (χ0n) is 20.6. The summed E-state index contributed by atoms with van der Waals surface area (Å²) in [7, 11) is 0. The highest BCUT2D eigenvalue weighted by Crippen LogP contribution is 2.29. The molecule has 0 aliphatic carbocycles. The van der Waals surface area contributed by atoms with Crippen molar-refractivity contribution < 1.29 is 9.59 Å². The molecule has 6 nitrogen and oxygen atoms in total. The average Bonchev–Trinajstić information content (AvgIpc) is 3.28. The topological polar surface area (TPSA) is 67.2 Å². The molecule has 4 rings (SSSR count). The van der Waals surface area contributed by atoms with Crippen molar-refractivity contribution >= 4 is 29.2 Å². The summed E-state index contributed by atoms with van der Waals surface area (Å²) < 4.78 is 1.64. The van der Waals surface area contributed by atoms with E-state index < -0.39 is 0 Å². The maximum absolute atomic E-state index is 13.3. The van der Waals surface area contributed by atoms with Crippen molar-refractivity contribution in [1.29, 1.82) is 0 Å². The number of hydrogen-bond donors (Lipinski definition) is 1. The van der Waals surface area contributed by atoms with Crippen LogP contribution < -0.4 is 5.32 Å². The molecule has 0 aliphatic heterocycles. The van der Waals surface area contributed by atoms with Crippen molar-refractivity contribution in [2.75, 3.05) is 11.9 Å². The highest BCUT2D eigenvalue weighted by Gasteiger charge is 2.24. The van der Waals surface area contributed by atoms with Crippen molar-refractivity contribution in [3.63, 3.8) is 0 Å². The summed E-state index contributed by atoms with van der Waals surface area (Å²) in [6.07, 6.45) is 0. The first kappa shape index (κ1) is 25.2. The summed E-state index contributed by atoms with van der Waals surface area (Å²) in [6, 6.07) is 27.8. The van der Waals surface area contributed by atoms with Crippen LogP contribution in [0.15, 0.2) is 91.0 Å². The predicted molar refractivity (Wildman–Crippen MR) is 144 cm³/mol. The van der Waals surface area contributed by atoms with Gasteiger partial charge in [-0.25, -0.2) is 4.68 Å². The third kappa shape index (κ3) is 6.01. The Balaban J connectivity index is 1.62. The van der Waals surface area contributed by atoms with E-state index in [0.717, 1.165) is 11.3 Å². The molecular formula is C29H29ClN4O2. The number of carbonyl (C=O) groups is 2. The van der Waals surface area contributed by atoms with Gasteiger partial charge in [0.1, 0.15) is 12.4 Å². The van der Waals surface area contributed by atoms with E-state index in [2.05, 4.69) is 26.1 Å². The number of nitrogens with zero attached hydrogens (tertiary/aromatic N) is 3. The molecule has 0 atom stereocenters. The van der Waals surface area contributed by atoms with E-state index in [9.17, 15) is 9.59 Å². The van der Waals surface area contributed by atoms with Gasteiger partial charge in [0.15, 0.2) is 0 Å². The molecule has 184 valence electrons. The van der Waals surface area contributed by atoms with Gasteiger partial charge in [-0.15, -0.1) is 0 Å². The van der Waals surface area contributed by atoms with Gasteiger partial charge in [-0.2, -0.15) is 5.10 Å². The third-order valence-electron chi connectivity index (χ3n) is 5.68. The minimum atomic E-state index is -0.330. The number of para-hydroxylation sites is 1. The average molecular weight is 501 g/mol. The van der Waals surface area contributed by atoms with Crippen LogP contribution in [0, 0.1) is 0 Å². The van der Waals surface area contributed by atoms with E-state index in [1.54, 1.807) is 27.8 Å². The third-order valence-corrected chi connectivity index (χ3v) is 6.00. The van der Waals surface area contributed by atoms with Crippen LogP contribution >= 0.6 is 11.6 Å². The second-order valence-corrected chi connectivity index (χ2v) is 10.00. The van der Waals surface area contributed by atoms with Crippen LogP contribution in [0.3, 0.4) is 0 Å². The highest BCUT2D eigenvalue weighted by atomic mass is 35.5. The number of benzene rings is 3. The standard InChI is InChI=1S/C29H29ClN4O2/c1-29(2,3)25-18-26(34(32-25)24-17-11-10-16-23(24)30)31-27(35)20-33(19-21-12-6-4-7-13-21)28(36)22-14-8-5-9-15-22/h4-18H,19-20H2,1-3H3,(H,31,35). The van der Waals surface area contributed by atoms with Gasteiger partial charge in [0.2, 0.25) is 5.91 Å². The Labute approximate surface area is 216 Å². The molecule has 4 aromatic rings. The zero-order valence-corrected chi connectivity index (χ0v) is 21.4. The van der Waals surface area contributed by atoms with E-state index in [0.29, 0.717) is 28.6 Å². The van der Waals surface area contributed by atoms with Gasteiger partial charge >= 0.3 is 0 Å². The lowest BCUT2D eigenvalue weighted by molar-refractivity contribution is -0.117. The Morgan fingerprint density at radius 2 is 1.53 bits per heavy atom. The molecular weight excluding hydrogens is 472 g/mol. The molecule has 1 aromatic heterocycles. The maximum atomic E-state index is 13.3. The van der Waals surface area contributed by atoms with Crippen LogP contribution in [0.1, 0.15) is 42.4 Å². The summed E-state index contributed by atoms with van der Waals surface area (Å²) in [5.74, 6) is -0.0571. The highest BCUT2D eigenvalue weighted by molar-refractivity contribution is 6.32. The summed E-state index contributed by atoms with van der Waals surface area (Å²) >= 11 is 6.45. The van der Waals surface area contributed by atoms with Crippen molar-refractivity contribution in [2.45, 2.75) is 32.7 Å². The maximum Gasteiger partial charge on any atom is 0.254 e. The van der Waals surface area contributed by atoms with Gasteiger partial charge in [-0.1, -0.05) is 93.0 Å². The van der Waals surface area contributed by atoms with Gasteiger partial charge in [-0.05, 0) is 29.8 Å². The summed E-state index contributed by atoms with van der Waals surface area (Å²) in [6.45, 7) is 6.34. The molecule has 0 saturated carbocycles. The second-order valence-electron chi connectivity index (χ2n) is 9.59. The molecule has 36 heavy (non-hydrogen) atoms. The van der Waals surface area contributed by atoms with Crippen LogP contribution in [0.2, 0.25) is 5.02 Å². The number of nitrogens with one attached hydrogen (secondary N) is 1. The Hall–Kier alpha value is -3.90. The molecule has 0 saturated heterocycles. The smallest absolute Gasteiger partial charge is 0.254 e. The summed E-state index contributed by atoms with van der Waals surface area (Å²) in [5.41, 5.74) is 2.68. The lowest BCUT2D eigenvalue weighted by Gasteiger charge is -2.22. The van der Waals surface area contributed by atoms with Gasteiger partial charge in [0, 0.05) is 23.6 Å². The molecule has 0 bridgehead atoms. The van der Waals surface area contributed by atoms with E-state index in [4.69, 9.17) is 16.7 Å². The van der Waals surface area contributed by atoms with Crippen molar-refractivity contribution in [3.8, 4) is 5.69 Å². The monoisotopic (exact) mass is 500 g/mol. The molecule has 1 N–H and O–H groups in total. The number of carbonyl (C=O) groups excluding carboxylic acids is 2.